The van der Waals surface area contributed by atoms with Crippen molar-refractivity contribution in [3.63, 3.8) is 0 Å². The molecule has 6 nitrogen and oxygen atoms in total. The lowest BCUT2D eigenvalue weighted by Crippen LogP contribution is -2.21. The summed E-state index contributed by atoms with van der Waals surface area (Å²) >= 11 is 7.23. The van der Waals surface area contributed by atoms with Crippen molar-refractivity contribution in [2.75, 3.05) is 13.2 Å². The van der Waals surface area contributed by atoms with E-state index >= 15 is 0 Å². The minimum absolute atomic E-state index is 0.187. The molecule has 8 heteroatoms. The van der Waals surface area contributed by atoms with Crippen molar-refractivity contribution in [3.8, 4) is 5.75 Å². The van der Waals surface area contributed by atoms with Gasteiger partial charge < -0.3 is 14.0 Å². The predicted octanol–water partition coefficient (Wildman–Crippen LogP) is 3.82. The van der Waals surface area contributed by atoms with Crippen molar-refractivity contribution in [2.45, 2.75) is 19.9 Å². The molecule has 0 N–H and O–H groups in total. The zero-order valence-electron chi connectivity index (χ0n) is 15.3. The fourth-order valence-electron chi connectivity index (χ4n) is 2.57. The average molecular weight is 419 g/mol. The van der Waals surface area contributed by atoms with Crippen molar-refractivity contribution >= 4 is 45.0 Å². The van der Waals surface area contributed by atoms with Crippen molar-refractivity contribution < 1.29 is 19.1 Å². The third kappa shape index (κ3) is 5.21. The summed E-state index contributed by atoms with van der Waals surface area (Å²) in [6.07, 6.45) is 0.206. The number of para-hydroxylation sites is 1. The van der Waals surface area contributed by atoms with Crippen LogP contribution >= 0.6 is 22.9 Å². The molecule has 0 bridgehead atoms. The van der Waals surface area contributed by atoms with Crippen molar-refractivity contribution in [1.29, 1.82) is 0 Å². The van der Waals surface area contributed by atoms with E-state index in [0.717, 1.165) is 10.2 Å². The van der Waals surface area contributed by atoms with Gasteiger partial charge in [0.15, 0.2) is 11.4 Å². The van der Waals surface area contributed by atoms with E-state index < -0.39 is 5.91 Å². The molecule has 3 rings (SSSR count). The van der Waals surface area contributed by atoms with Crippen molar-refractivity contribution in [1.82, 2.24) is 4.57 Å². The zero-order chi connectivity index (χ0) is 19.9. The number of hydrogen-bond donors (Lipinski definition) is 0. The second kappa shape index (κ2) is 9.52. The molecule has 146 valence electrons. The second-order valence-electron chi connectivity index (χ2n) is 5.81. The van der Waals surface area contributed by atoms with Gasteiger partial charge in [-0.15, -0.1) is 0 Å². The molecular formula is C20H19ClN2O4S. The van der Waals surface area contributed by atoms with Crippen LogP contribution in [0.1, 0.15) is 13.3 Å². The Morgan fingerprint density at radius 3 is 2.64 bits per heavy atom. The molecule has 2 aromatic carbocycles. The number of hydrogen-bond acceptors (Lipinski definition) is 5. The fourth-order valence-corrected chi connectivity index (χ4v) is 3.77. The van der Waals surface area contributed by atoms with Crippen LogP contribution in [0.5, 0.6) is 5.75 Å². The number of aryl methyl sites for hydroxylation is 1. The van der Waals surface area contributed by atoms with E-state index in [1.54, 1.807) is 31.2 Å². The van der Waals surface area contributed by atoms with Crippen LogP contribution in [-0.2, 0) is 20.9 Å². The Morgan fingerprint density at radius 2 is 1.89 bits per heavy atom. The first-order valence-electron chi connectivity index (χ1n) is 8.76. The van der Waals surface area contributed by atoms with Gasteiger partial charge in [-0.2, -0.15) is 4.99 Å². The molecule has 1 heterocycles. The molecule has 0 atom stereocenters. The van der Waals surface area contributed by atoms with Crippen LogP contribution in [0, 0.1) is 0 Å². The lowest BCUT2D eigenvalue weighted by Gasteiger charge is -2.05. The molecule has 0 aliphatic carbocycles. The summed E-state index contributed by atoms with van der Waals surface area (Å²) in [5.41, 5.74) is 0.918. The topological polar surface area (TPSA) is 69.9 Å². The minimum atomic E-state index is -0.411. The van der Waals surface area contributed by atoms with E-state index in [2.05, 4.69) is 4.99 Å². The number of fused-ring (bicyclic) bond motifs is 1. The minimum Gasteiger partial charge on any atom is -0.484 e. The van der Waals surface area contributed by atoms with Gasteiger partial charge in [-0.05, 0) is 43.3 Å². The number of halogens is 1. The van der Waals surface area contributed by atoms with E-state index in [-0.39, 0.29) is 19.0 Å². The summed E-state index contributed by atoms with van der Waals surface area (Å²) in [6.45, 7) is 2.30. The third-order valence-corrected chi connectivity index (χ3v) is 5.14. The highest BCUT2D eigenvalue weighted by molar-refractivity contribution is 7.16. The highest BCUT2D eigenvalue weighted by atomic mass is 35.5. The number of esters is 1. The predicted molar refractivity (Wildman–Crippen MR) is 109 cm³/mol. The highest BCUT2D eigenvalue weighted by Crippen LogP contribution is 2.18. The first-order valence-corrected chi connectivity index (χ1v) is 9.96. The van der Waals surface area contributed by atoms with Gasteiger partial charge in [-0.3, -0.25) is 9.59 Å². The molecule has 0 saturated heterocycles. The largest absolute Gasteiger partial charge is 0.484 e. The number of thiazole rings is 1. The molecule has 0 fully saturated rings. The summed E-state index contributed by atoms with van der Waals surface area (Å²) in [5.74, 6) is -0.153. The normalized spacial score (nSPS) is 11.6. The molecule has 28 heavy (non-hydrogen) atoms. The number of benzene rings is 2. The molecule has 1 amide bonds. The number of carbonyl (C=O) groups excluding carboxylic acids is 2. The van der Waals surface area contributed by atoms with Crippen LogP contribution in [-0.4, -0.2) is 29.7 Å². The van der Waals surface area contributed by atoms with E-state index in [0.29, 0.717) is 28.7 Å². The van der Waals surface area contributed by atoms with Gasteiger partial charge in [0.05, 0.1) is 23.2 Å². The Labute approximate surface area is 171 Å². The smallest absolute Gasteiger partial charge is 0.307 e. The number of aromatic nitrogens is 1. The van der Waals surface area contributed by atoms with Gasteiger partial charge in [-0.1, -0.05) is 35.1 Å². The summed E-state index contributed by atoms with van der Waals surface area (Å²) in [4.78, 5) is 28.8. The van der Waals surface area contributed by atoms with E-state index in [1.165, 1.54) is 11.3 Å². The monoisotopic (exact) mass is 418 g/mol. The molecule has 0 aliphatic rings. The Balaban J connectivity index is 1.79. The zero-order valence-corrected chi connectivity index (χ0v) is 16.8. The average Bonchev–Trinajstić information content (AvgIpc) is 3.03. The van der Waals surface area contributed by atoms with Gasteiger partial charge in [0.2, 0.25) is 0 Å². The number of amides is 1. The lowest BCUT2D eigenvalue weighted by molar-refractivity contribution is -0.143. The van der Waals surface area contributed by atoms with Crippen LogP contribution in [0.3, 0.4) is 0 Å². The summed E-state index contributed by atoms with van der Waals surface area (Å²) < 4.78 is 13.3. The van der Waals surface area contributed by atoms with Crippen LogP contribution in [0.25, 0.3) is 10.2 Å². The van der Waals surface area contributed by atoms with E-state index in [9.17, 15) is 9.59 Å². The molecule has 1 aromatic heterocycles. The number of rotatable bonds is 7. The summed E-state index contributed by atoms with van der Waals surface area (Å²) in [5, 5.41) is 0.594. The standard InChI is InChI=1S/C20H19ClN2O4S/c1-2-26-19(25)11-12-23-16-5-3-4-6-17(16)28-20(23)22-18(24)13-27-15-9-7-14(21)8-10-15/h3-10H,2,11-13H2,1H3. The molecule has 3 aromatic rings. The van der Waals surface area contributed by atoms with Crippen LogP contribution in [0.4, 0.5) is 0 Å². The fraction of sp³-hybridized carbons (Fsp3) is 0.250. The molecule has 0 spiro atoms. The first kappa shape index (κ1) is 20.1. The second-order valence-corrected chi connectivity index (χ2v) is 7.25. The summed E-state index contributed by atoms with van der Waals surface area (Å²) in [6, 6.07) is 14.5. The van der Waals surface area contributed by atoms with Crippen LogP contribution in [0.15, 0.2) is 53.5 Å². The van der Waals surface area contributed by atoms with Crippen LogP contribution in [0.2, 0.25) is 5.02 Å². The Morgan fingerprint density at radius 1 is 1.14 bits per heavy atom. The number of carbonyl (C=O) groups is 2. The van der Waals surface area contributed by atoms with E-state index in [4.69, 9.17) is 21.1 Å². The SMILES string of the molecule is CCOC(=O)CCn1c(=NC(=O)COc2ccc(Cl)cc2)sc2ccccc21. The quantitative estimate of drug-likeness (QED) is 0.547. The third-order valence-electron chi connectivity index (χ3n) is 3.83. The van der Waals surface area contributed by atoms with Gasteiger partial charge in [0.25, 0.3) is 5.91 Å². The molecule has 0 saturated carbocycles. The maximum Gasteiger partial charge on any atom is 0.307 e. The van der Waals surface area contributed by atoms with Gasteiger partial charge in [-0.25, -0.2) is 0 Å². The van der Waals surface area contributed by atoms with Crippen molar-refractivity contribution in [3.05, 3.63) is 58.4 Å². The van der Waals surface area contributed by atoms with Gasteiger partial charge >= 0.3 is 5.97 Å². The van der Waals surface area contributed by atoms with Crippen LogP contribution < -0.4 is 9.54 Å². The molecule has 0 unspecified atom stereocenters. The first-order chi connectivity index (χ1) is 13.6. The van der Waals surface area contributed by atoms with E-state index in [1.807, 2.05) is 28.8 Å². The molecule has 0 aliphatic heterocycles. The maximum absolute atomic E-state index is 12.3. The number of nitrogens with zero attached hydrogens (tertiary/aromatic N) is 2. The Bertz CT molecular complexity index is 1040. The maximum atomic E-state index is 12.3. The van der Waals surface area contributed by atoms with Gasteiger partial charge in [0.1, 0.15) is 5.75 Å². The number of ether oxygens (including phenoxy) is 2. The van der Waals surface area contributed by atoms with Crippen molar-refractivity contribution in [2.24, 2.45) is 4.99 Å². The van der Waals surface area contributed by atoms with Gasteiger partial charge in [0, 0.05) is 11.6 Å². The molecule has 0 radical (unpaired) electrons. The molecular weight excluding hydrogens is 400 g/mol. The lowest BCUT2D eigenvalue weighted by atomic mass is 10.3. The Hall–Kier alpha value is -2.64. The summed E-state index contributed by atoms with van der Waals surface area (Å²) in [7, 11) is 0. The Kier molecular flexibility index (Phi) is 6.84. The highest BCUT2D eigenvalue weighted by Gasteiger charge is 2.10.